The van der Waals surface area contributed by atoms with Crippen LogP contribution in [0, 0.1) is 13.8 Å². The maximum absolute atomic E-state index is 13.3. The summed E-state index contributed by atoms with van der Waals surface area (Å²) in [6.45, 7) is 4.15. The molecule has 1 aromatic carbocycles. The third-order valence-electron chi connectivity index (χ3n) is 4.17. The monoisotopic (exact) mass is 443 g/mol. The number of aryl methyl sites for hydroxylation is 2. The number of hydrogen-bond donors (Lipinski definition) is 0. The zero-order chi connectivity index (χ0) is 16.8. The summed E-state index contributed by atoms with van der Waals surface area (Å²) >= 11 is 9.85. The van der Waals surface area contributed by atoms with E-state index in [1.807, 2.05) is 34.9 Å². The van der Waals surface area contributed by atoms with Crippen LogP contribution in [0.3, 0.4) is 0 Å². The van der Waals surface area contributed by atoms with Crippen molar-refractivity contribution in [1.29, 1.82) is 0 Å². The van der Waals surface area contributed by atoms with Crippen LogP contribution in [0.25, 0.3) is 15.9 Å². The molecule has 24 heavy (non-hydrogen) atoms. The van der Waals surface area contributed by atoms with E-state index in [9.17, 15) is 4.79 Å². The predicted molar refractivity (Wildman–Crippen MR) is 103 cm³/mol. The van der Waals surface area contributed by atoms with Crippen LogP contribution in [0.5, 0.6) is 0 Å². The topological polar surface area (TPSA) is 25.9 Å². The van der Waals surface area contributed by atoms with Gasteiger partial charge in [0.2, 0.25) is 0 Å². The van der Waals surface area contributed by atoms with Crippen LogP contribution in [-0.4, -0.2) is 31.4 Å². The number of nitrogens with zero attached hydrogens (tertiary/aromatic N) is 2. The molecule has 0 bridgehead atoms. The van der Waals surface area contributed by atoms with Gasteiger partial charge in [-0.05, 0) is 0 Å². The molecule has 124 valence electrons. The van der Waals surface area contributed by atoms with Gasteiger partial charge in [-0.25, -0.2) is 0 Å². The number of halogens is 1. The van der Waals surface area contributed by atoms with Crippen LogP contribution in [-0.2, 0) is 0 Å². The summed E-state index contributed by atoms with van der Waals surface area (Å²) in [6, 6.07) is 9.95. The minimum atomic E-state index is 0.0944. The molecular formula is C17H16ClN2OS2Se+. The first-order valence-corrected chi connectivity index (χ1v) is 11.7. The number of thioether (sulfide) groups is 1. The Hall–Kier alpha value is -0.781. The number of benzene rings is 1. The Balaban J connectivity index is 2.11. The van der Waals surface area contributed by atoms with E-state index in [1.165, 1.54) is 4.88 Å². The second kappa shape index (κ2) is 6.50. The van der Waals surface area contributed by atoms with Gasteiger partial charge in [-0.2, -0.15) is 0 Å². The number of fused-ring (bicyclic) bond motifs is 3. The summed E-state index contributed by atoms with van der Waals surface area (Å²) in [5.41, 5.74) is 2.13. The number of aromatic nitrogens is 2. The third-order valence-corrected chi connectivity index (χ3v) is 10.9. The van der Waals surface area contributed by atoms with Crippen molar-refractivity contribution in [2.24, 2.45) is 0 Å². The van der Waals surface area contributed by atoms with E-state index in [-0.39, 0.29) is 20.7 Å². The van der Waals surface area contributed by atoms with Gasteiger partial charge in [-0.3, -0.25) is 0 Å². The molecule has 0 aliphatic carbocycles. The molecule has 2 aromatic heterocycles. The molecular weight excluding hydrogens is 427 g/mol. The molecule has 0 fully saturated rings. The van der Waals surface area contributed by atoms with E-state index in [0.717, 1.165) is 32.4 Å². The summed E-state index contributed by atoms with van der Waals surface area (Å²) in [6.07, 6.45) is 0. The molecule has 7 heteroatoms. The molecule has 0 saturated carbocycles. The van der Waals surface area contributed by atoms with E-state index in [2.05, 4.69) is 17.4 Å². The predicted octanol–water partition coefficient (Wildman–Crippen LogP) is 3.56. The standard InChI is InChI=1S/C17H16ClN2OS2Se/c1-10-11(2)23-16-14(10)15(21)19(12-6-4-3-5-7-12)17-20(16)24-13(8-18)9-22-17/h3-7,13H,8-9H2,1-2H3/q+1. The van der Waals surface area contributed by atoms with Crippen LogP contribution in [0.1, 0.15) is 10.4 Å². The van der Waals surface area contributed by atoms with Crippen LogP contribution in [0.4, 0.5) is 0 Å². The molecule has 0 saturated heterocycles. The van der Waals surface area contributed by atoms with Crippen LogP contribution >= 0.6 is 34.7 Å². The summed E-state index contributed by atoms with van der Waals surface area (Å²) in [7, 11) is 0. The molecule has 4 rings (SSSR count). The van der Waals surface area contributed by atoms with E-state index in [4.69, 9.17) is 11.6 Å². The first kappa shape index (κ1) is 16.7. The number of thiophene rings is 1. The Labute approximate surface area is 160 Å². The summed E-state index contributed by atoms with van der Waals surface area (Å²) in [5.74, 6) is 1.65. The van der Waals surface area contributed by atoms with Gasteiger partial charge in [0, 0.05) is 0 Å². The van der Waals surface area contributed by atoms with Crippen LogP contribution in [0.15, 0.2) is 40.3 Å². The van der Waals surface area contributed by atoms with Gasteiger partial charge in [-0.1, -0.05) is 0 Å². The molecule has 1 unspecified atom stereocenters. The molecule has 3 aromatic rings. The maximum atomic E-state index is 13.3. The Morgan fingerprint density at radius 2 is 2.08 bits per heavy atom. The Kier molecular flexibility index (Phi) is 4.52. The molecule has 0 N–H and O–H groups in total. The van der Waals surface area contributed by atoms with Gasteiger partial charge in [0.05, 0.1) is 0 Å². The van der Waals surface area contributed by atoms with Crippen molar-refractivity contribution in [3.8, 4) is 5.69 Å². The molecule has 0 radical (unpaired) electrons. The van der Waals surface area contributed by atoms with Crippen molar-refractivity contribution in [1.82, 2.24) is 4.57 Å². The normalized spacial score (nSPS) is 17.2. The van der Waals surface area contributed by atoms with Gasteiger partial charge >= 0.3 is 161 Å². The van der Waals surface area contributed by atoms with Crippen molar-refractivity contribution in [2.75, 3.05) is 11.6 Å². The Bertz CT molecular complexity index is 984. The van der Waals surface area contributed by atoms with E-state index < -0.39 is 0 Å². The number of alkyl halides is 1. The quantitative estimate of drug-likeness (QED) is 0.344. The van der Waals surface area contributed by atoms with Crippen molar-refractivity contribution in [3.05, 3.63) is 51.1 Å². The van der Waals surface area contributed by atoms with Gasteiger partial charge in [0.25, 0.3) is 0 Å². The van der Waals surface area contributed by atoms with Gasteiger partial charge in [0.1, 0.15) is 0 Å². The fourth-order valence-electron chi connectivity index (χ4n) is 2.82. The first-order chi connectivity index (χ1) is 11.6. The Morgan fingerprint density at radius 1 is 1.33 bits per heavy atom. The molecule has 1 aliphatic rings. The fraction of sp³-hybridized carbons (Fsp3) is 0.294. The van der Waals surface area contributed by atoms with Gasteiger partial charge < -0.3 is 0 Å². The second-order valence-corrected chi connectivity index (χ2v) is 10.8. The minimum absolute atomic E-state index is 0.0944. The van der Waals surface area contributed by atoms with Crippen molar-refractivity contribution < 1.29 is 3.58 Å². The summed E-state index contributed by atoms with van der Waals surface area (Å²) in [4.78, 5) is 16.1. The van der Waals surface area contributed by atoms with Crippen molar-refractivity contribution in [2.45, 2.75) is 23.8 Å². The first-order valence-electron chi connectivity index (χ1n) is 7.64. The third kappa shape index (κ3) is 2.56. The van der Waals surface area contributed by atoms with E-state index in [0.29, 0.717) is 10.7 Å². The fourth-order valence-corrected chi connectivity index (χ4v) is 8.83. The molecule has 0 spiro atoms. The molecule has 1 aliphatic heterocycles. The number of hydrogen-bond acceptors (Lipinski definition) is 3. The number of para-hydroxylation sites is 1. The average molecular weight is 443 g/mol. The molecule has 3 nitrogen and oxygen atoms in total. The second-order valence-electron chi connectivity index (χ2n) is 5.71. The van der Waals surface area contributed by atoms with E-state index >= 15 is 0 Å². The average Bonchev–Trinajstić information content (AvgIpc) is 2.91. The Morgan fingerprint density at radius 3 is 2.79 bits per heavy atom. The van der Waals surface area contributed by atoms with E-state index in [1.54, 1.807) is 23.1 Å². The molecule has 0 amide bonds. The van der Waals surface area contributed by atoms with Crippen LogP contribution in [0.2, 0.25) is 4.82 Å². The zero-order valence-corrected chi connectivity index (χ0v) is 17.4. The van der Waals surface area contributed by atoms with Gasteiger partial charge in [-0.15, -0.1) is 0 Å². The molecule has 3 heterocycles. The summed E-state index contributed by atoms with van der Waals surface area (Å²) < 4.78 is 4.25. The van der Waals surface area contributed by atoms with Crippen molar-refractivity contribution >= 4 is 60.1 Å². The zero-order valence-electron chi connectivity index (χ0n) is 13.3. The summed E-state index contributed by atoms with van der Waals surface area (Å²) in [5, 5.41) is 1.91. The SMILES string of the molecule is Cc1sc2c(c1C)c(=O)n(-c1ccccc1)c1[n+]2[Se]C(CCl)CS1. The van der Waals surface area contributed by atoms with Crippen LogP contribution < -0.4 is 9.14 Å². The van der Waals surface area contributed by atoms with Gasteiger partial charge in [0.15, 0.2) is 0 Å². The molecule has 1 atom stereocenters. The van der Waals surface area contributed by atoms with Crippen molar-refractivity contribution in [3.63, 3.8) is 0 Å². The number of rotatable bonds is 2.